The molecule has 148 valence electrons. The Hall–Kier alpha value is -2.21. The number of hydrogen-bond donors (Lipinski definition) is 1. The van der Waals surface area contributed by atoms with Gasteiger partial charge >= 0.3 is 0 Å². The lowest BCUT2D eigenvalue weighted by Gasteiger charge is -2.23. The van der Waals surface area contributed by atoms with Crippen molar-refractivity contribution in [2.24, 2.45) is 5.92 Å². The molecular formula is C22H27N3O2S. The SMILES string of the molecule is Cc1ccc(-c2nc(CCNC(=O)C3CC(=O)N(C4CCCC4)C3)cs2)cc1. The molecule has 28 heavy (non-hydrogen) atoms. The van der Waals surface area contributed by atoms with E-state index in [0.717, 1.165) is 29.1 Å². The monoisotopic (exact) mass is 397 g/mol. The van der Waals surface area contributed by atoms with Crippen molar-refractivity contribution < 1.29 is 9.59 Å². The summed E-state index contributed by atoms with van der Waals surface area (Å²) in [7, 11) is 0. The Bertz CT molecular complexity index is 840. The van der Waals surface area contributed by atoms with Crippen LogP contribution in [0.3, 0.4) is 0 Å². The van der Waals surface area contributed by atoms with Crippen molar-refractivity contribution in [2.75, 3.05) is 13.1 Å². The fourth-order valence-electron chi connectivity index (χ4n) is 4.18. The fourth-order valence-corrected chi connectivity index (χ4v) is 5.05. The Morgan fingerprint density at radius 1 is 1.25 bits per heavy atom. The summed E-state index contributed by atoms with van der Waals surface area (Å²) in [6.07, 6.45) is 5.64. The molecule has 4 rings (SSSR count). The van der Waals surface area contributed by atoms with Gasteiger partial charge in [0.2, 0.25) is 11.8 Å². The summed E-state index contributed by atoms with van der Waals surface area (Å²) < 4.78 is 0. The third-order valence-electron chi connectivity index (χ3n) is 5.83. The summed E-state index contributed by atoms with van der Waals surface area (Å²) in [4.78, 5) is 31.4. The number of nitrogens with zero attached hydrogens (tertiary/aromatic N) is 2. The van der Waals surface area contributed by atoms with Crippen LogP contribution in [0.5, 0.6) is 0 Å². The molecule has 1 aliphatic carbocycles. The molecule has 1 unspecified atom stereocenters. The fraction of sp³-hybridized carbons (Fsp3) is 0.500. The second-order valence-electron chi connectivity index (χ2n) is 7.94. The molecule has 1 N–H and O–H groups in total. The molecule has 1 atom stereocenters. The zero-order chi connectivity index (χ0) is 19.5. The standard InChI is InChI=1S/C22H27N3O2S/c1-15-6-8-16(9-7-15)22-24-18(14-28-22)10-11-23-21(27)17-12-20(26)25(13-17)19-4-2-3-5-19/h6-9,14,17,19H,2-5,10-13H2,1H3,(H,23,27). The maximum atomic E-state index is 12.5. The molecule has 2 aliphatic rings. The van der Waals surface area contributed by atoms with E-state index in [4.69, 9.17) is 0 Å². The first kappa shape index (κ1) is 19.1. The number of aromatic nitrogens is 1. The van der Waals surface area contributed by atoms with Crippen LogP contribution in [0.1, 0.15) is 43.4 Å². The number of rotatable bonds is 6. The Morgan fingerprint density at radius 2 is 2.00 bits per heavy atom. The van der Waals surface area contributed by atoms with Crippen LogP contribution in [0.25, 0.3) is 10.6 Å². The third-order valence-corrected chi connectivity index (χ3v) is 6.77. The number of benzene rings is 1. The highest BCUT2D eigenvalue weighted by molar-refractivity contribution is 7.13. The largest absolute Gasteiger partial charge is 0.355 e. The number of likely N-dealkylation sites (tertiary alicyclic amines) is 1. The second-order valence-corrected chi connectivity index (χ2v) is 8.79. The first-order valence-electron chi connectivity index (χ1n) is 10.2. The average molecular weight is 398 g/mol. The van der Waals surface area contributed by atoms with Crippen LogP contribution in [0.15, 0.2) is 29.6 Å². The molecule has 1 saturated carbocycles. The number of aryl methyl sites for hydroxylation is 1. The minimum Gasteiger partial charge on any atom is -0.355 e. The summed E-state index contributed by atoms with van der Waals surface area (Å²) in [5.41, 5.74) is 3.36. The van der Waals surface area contributed by atoms with Gasteiger partial charge in [-0.1, -0.05) is 42.7 Å². The van der Waals surface area contributed by atoms with Crippen molar-refractivity contribution in [3.63, 3.8) is 0 Å². The first-order valence-corrected chi connectivity index (χ1v) is 11.1. The number of hydrogen-bond acceptors (Lipinski definition) is 4. The molecule has 2 heterocycles. The average Bonchev–Trinajstić information content (AvgIpc) is 3.42. The lowest BCUT2D eigenvalue weighted by molar-refractivity contribution is -0.130. The van der Waals surface area contributed by atoms with Crippen molar-refractivity contribution in [1.29, 1.82) is 0 Å². The van der Waals surface area contributed by atoms with Crippen molar-refractivity contribution >= 4 is 23.2 Å². The van der Waals surface area contributed by atoms with E-state index in [2.05, 4.69) is 46.9 Å². The Labute approximate surface area is 170 Å². The molecule has 0 bridgehead atoms. The van der Waals surface area contributed by atoms with Gasteiger partial charge in [-0.15, -0.1) is 11.3 Å². The highest BCUT2D eigenvalue weighted by Gasteiger charge is 2.38. The summed E-state index contributed by atoms with van der Waals surface area (Å²) in [6, 6.07) is 8.73. The van der Waals surface area contributed by atoms with Crippen LogP contribution in [0.4, 0.5) is 0 Å². The number of carbonyl (C=O) groups is 2. The van der Waals surface area contributed by atoms with E-state index in [9.17, 15) is 9.59 Å². The van der Waals surface area contributed by atoms with Crippen molar-refractivity contribution in [3.8, 4) is 10.6 Å². The van der Waals surface area contributed by atoms with Crippen LogP contribution >= 0.6 is 11.3 Å². The minimum absolute atomic E-state index is 0.00262. The topological polar surface area (TPSA) is 62.3 Å². The molecule has 1 aromatic carbocycles. The normalized spacial score (nSPS) is 20.1. The molecular weight excluding hydrogens is 370 g/mol. The molecule has 1 saturated heterocycles. The van der Waals surface area contributed by atoms with E-state index < -0.39 is 0 Å². The summed E-state index contributed by atoms with van der Waals surface area (Å²) >= 11 is 1.63. The molecule has 1 aromatic heterocycles. The van der Waals surface area contributed by atoms with E-state index >= 15 is 0 Å². The number of amides is 2. The van der Waals surface area contributed by atoms with Crippen LogP contribution in [-0.2, 0) is 16.0 Å². The minimum atomic E-state index is -0.202. The summed E-state index contributed by atoms with van der Waals surface area (Å²) in [5.74, 6) is -0.0521. The maximum Gasteiger partial charge on any atom is 0.225 e. The van der Waals surface area contributed by atoms with Crippen LogP contribution in [-0.4, -0.2) is 40.8 Å². The summed E-state index contributed by atoms with van der Waals surface area (Å²) in [6.45, 7) is 3.22. The molecule has 2 fully saturated rings. The zero-order valence-corrected chi connectivity index (χ0v) is 17.1. The first-order chi connectivity index (χ1) is 13.6. The molecule has 5 nitrogen and oxygen atoms in total. The molecule has 0 spiro atoms. The highest BCUT2D eigenvalue weighted by atomic mass is 32.1. The van der Waals surface area contributed by atoms with Gasteiger partial charge in [0.1, 0.15) is 5.01 Å². The third kappa shape index (κ3) is 4.27. The maximum absolute atomic E-state index is 12.5. The molecule has 0 radical (unpaired) electrons. The molecule has 6 heteroatoms. The smallest absolute Gasteiger partial charge is 0.225 e. The van der Waals surface area contributed by atoms with Gasteiger partial charge in [0.05, 0.1) is 11.6 Å². The predicted octanol–water partition coefficient (Wildman–Crippen LogP) is 3.57. The lowest BCUT2D eigenvalue weighted by atomic mass is 10.1. The van der Waals surface area contributed by atoms with Crippen LogP contribution in [0, 0.1) is 12.8 Å². The van der Waals surface area contributed by atoms with Gasteiger partial charge in [-0.3, -0.25) is 9.59 Å². The van der Waals surface area contributed by atoms with E-state index in [1.54, 1.807) is 11.3 Å². The van der Waals surface area contributed by atoms with Gasteiger partial charge in [0, 0.05) is 42.9 Å². The van der Waals surface area contributed by atoms with Gasteiger partial charge in [-0.2, -0.15) is 0 Å². The second kappa shape index (κ2) is 8.43. The Morgan fingerprint density at radius 3 is 2.75 bits per heavy atom. The van der Waals surface area contributed by atoms with E-state index in [-0.39, 0.29) is 17.7 Å². The van der Waals surface area contributed by atoms with Gasteiger partial charge in [-0.25, -0.2) is 4.98 Å². The van der Waals surface area contributed by atoms with Gasteiger partial charge < -0.3 is 10.2 Å². The number of carbonyl (C=O) groups excluding carboxylic acids is 2. The van der Waals surface area contributed by atoms with Gasteiger partial charge in [0.25, 0.3) is 0 Å². The van der Waals surface area contributed by atoms with Crippen molar-refractivity contribution in [3.05, 3.63) is 40.9 Å². The zero-order valence-electron chi connectivity index (χ0n) is 16.3. The molecule has 2 aromatic rings. The quantitative estimate of drug-likeness (QED) is 0.811. The molecule has 2 amide bonds. The van der Waals surface area contributed by atoms with E-state index in [1.165, 1.54) is 18.4 Å². The Balaban J connectivity index is 1.25. The Kier molecular flexibility index (Phi) is 5.76. The number of nitrogens with one attached hydrogen (secondary N) is 1. The highest BCUT2D eigenvalue weighted by Crippen LogP contribution is 2.29. The summed E-state index contributed by atoms with van der Waals surface area (Å²) in [5, 5.41) is 6.08. The van der Waals surface area contributed by atoms with Crippen LogP contribution < -0.4 is 5.32 Å². The molecule has 1 aliphatic heterocycles. The van der Waals surface area contributed by atoms with Gasteiger partial charge in [-0.05, 0) is 19.8 Å². The van der Waals surface area contributed by atoms with Crippen molar-refractivity contribution in [2.45, 2.75) is 51.5 Å². The number of thiazole rings is 1. The lowest BCUT2D eigenvalue weighted by Crippen LogP contribution is -2.37. The predicted molar refractivity (Wildman–Crippen MR) is 111 cm³/mol. The van der Waals surface area contributed by atoms with Crippen LogP contribution in [0.2, 0.25) is 0 Å². The van der Waals surface area contributed by atoms with Gasteiger partial charge in [0.15, 0.2) is 0 Å². The van der Waals surface area contributed by atoms with E-state index in [1.807, 2.05) is 4.90 Å². The van der Waals surface area contributed by atoms with Crippen molar-refractivity contribution in [1.82, 2.24) is 15.2 Å². The van der Waals surface area contributed by atoms with E-state index in [0.29, 0.717) is 32.0 Å².